The van der Waals surface area contributed by atoms with Crippen molar-refractivity contribution in [1.82, 2.24) is 14.9 Å². The molecule has 0 unspecified atom stereocenters. The second-order valence-corrected chi connectivity index (χ2v) is 9.85. The number of amides is 1. The molecule has 27 heavy (non-hydrogen) atoms. The summed E-state index contributed by atoms with van der Waals surface area (Å²) in [6.45, 7) is 8.20. The number of carbonyl (C=O) groups is 1. The highest BCUT2D eigenvalue weighted by atomic mass is 32.2. The van der Waals surface area contributed by atoms with Crippen LogP contribution in [-0.4, -0.2) is 51.2 Å². The summed E-state index contributed by atoms with van der Waals surface area (Å²) in [5, 5.41) is 3.06. The van der Waals surface area contributed by atoms with Crippen molar-refractivity contribution in [3.8, 4) is 0 Å². The summed E-state index contributed by atoms with van der Waals surface area (Å²) >= 11 is 0. The molecule has 1 aliphatic heterocycles. The van der Waals surface area contributed by atoms with E-state index in [1.165, 1.54) is 11.8 Å². The van der Waals surface area contributed by atoms with Crippen molar-refractivity contribution in [2.24, 2.45) is 5.92 Å². The number of nitrogens with one attached hydrogen (secondary N) is 2. The van der Waals surface area contributed by atoms with Gasteiger partial charge in [0.15, 0.2) is 0 Å². The van der Waals surface area contributed by atoms with Gasteiger partial charge in [0.05, 0.1) is 18.8 Å². The Morgan fingerprint density at radius 3 is 2.26 bits per heavy atom. The minimum atomic E-state index is -3.17. The van der Waals surface area contributed by atoms with Gasteiger partial charge in [-0.2, -0.15) is 0 Å². The van der Waals surface area contributed by atoms with Gasteiger partial charge < -0.3 is 5.32 Å². The first kappa shape index (κ1) is 21.9. The summed E-state index contributed by atoms with van der Waals surface area (Å²) in [5.41, 5.74) is 2.42. The first-order chi connectivity index (χ1) is 12.6. The molecule has 0 spiro atoms. The zero-order chi connectivity index (χ0) is 20.0. The molecule has 7 heteroatoms. The van der Waals surface area contributed by atoms with Crippen LogP contribution in [0.3, 0.4) is 0 Å². The molecule has 0 aliphatic carbocycles. The van der Waals surface area contributed by atoms with E-state index in [1.54, 1.807) is 0 Å². The molecule has 1 saturated heterocycles. The lowest BCUT2D eigenvalue weighted by atomic mass is 10.00. The first-order valence-corrected chi connectivity index (χ1v) is 11.6. The first-order valence-electron chi connectivity index (χ1n) is 9.70. The van der Waals surface area contributed by atoms with Crippen molar-refractivity contribution < 1.29 is 13.2 Å². The van der Waals surface area contributed by atoms with E-state index in [9.17, 15) is 13.2 Å². The molecule has 152 valence electrons. The Balaban J connectivity index is 1.77. The Morgan fingerprint density at radius 2 is 1.74 bits per heavy atom. The third-order valence-electron chi connectivity index (χ3n) is 4.84. The number of piperidine rings is 1. The van der Waals surface area contributed by atoms with Crippen LogP contribution in [0.5, 0.6) is 0 Å². The normalized spacial score (nSPS) is 17.8. The second kappa shape index (κ2) is 9.66. The number of likely N-dealkylation sites (tertiary alicyclic amines) is 1. The van der Waals surface area contributed by atoms with Gasteiger partial charge in [0.1, 0.15) is 0 Å². The summed E-state index contributed by atoms with van der Waals surface area (Å²) in [5.74, 6) is 0.632. The maximum Gasteiger partial charge on any atom is 0.234 e. The van der Waals surface area contributed by atoms with Gasteiger partial charge >= 0.3 is 0 Å². The van der Waals surface area contributed by atoms with Gasteiger partial charge in [-0.15, -0.1) is 0 Å². The predicted molar refractivity (Wildman–Crippen MR) is 109 cm³/mol. The molecule has 1 fully saturated rings. The van der Waals surface area contributed by atoms with Crippen LogP contribution in [0.1, 0.15) is 50.8 Å². The topological polar surface area (TPSA) is 78.5 Å². The van der Waals surface area contributed by atoms with Gasteiger partial charge in [-0.3, -0.25) is 9.69 Å². The van der Waals surface area contributed by atoms with Crippen LogP contribution in [0.25, 0.3) is 0 Å². The molecule has 2 N–H and O–H groups in total. The van der Waals surface area contributed by atoms with E-state index in [4.69, 9.17) is 0 Å². The largest absolute Gasteiger partial charge is 0.348 e. The highest BCUT2D eigenvalue weighted by Crippen LogP contribution is 2.16. The van der Waals surface area contributed by atoms with Crippen molar-refractivity contribution in [3.63, 3.8) is 0 Å². The molecule has 1 heterocycles. The monoisotopic (exact) mass is 395 g/mol. The minimum absolute atomic E-state index is 0.00304. The van der Waals surface area contributed by atoms with Gasteiger partial charge in [0, 0.05) is 19.1 Å². The fourth-order valence-electron chi connectivity index (χ4n) is 3.50. The van der Waals surface area contributed by atoms with Crippen LogP contribution in [-0.2, 0) is 21.2 Å². The minimum Gasteiger partial charge on any atom is -0.348 e. The Bertz CT molecular complexity index is 708. The summed E-state index contributed by atoms with van der Waals surface area (Å²) in [4.78, 5) is 14.4. The lowest BCUT2D eigenvalue weighted by Crippen LogP contribution is -2.47. The molecular weight excluding hydrogens is 362 g/mol. The van der Waals surface area contributed by atoms with Gasteiger partial charge in [-0.1, -0.05) is 38.1 Å². The molecule has 1 aromatic carbocycles. The van der Waals surface area contributed by atoms with Crippen LogP contribution in [0.2, 0.25) is 0 Å². The lowest BCUT2D eigenvalue weighted by Gasteiger charge is -2.31. The number of rotatable bonds is 8. The molecule has 2 rings (SSSR count). The quantitative estimate of drug-likeness (QED) is 0.706. The molecule has 0 bridgehead atoms. The van der Waals surface area contributed by atoms with Crippen molar-refractivity contribution in [3.05, 3.63) is 35.4 Å². The van der Waals surface area contributed by atoms with E-state index in [1.807, 2.05) is 6.92 Å². The fourth-order valence-corrected chi connectivity index (χ4v) is 4.34. The standard InChI is InChI=1S/C20H33N3O3S/c1-15(2)13-17-5-7-18(8-6-17)16(3)21-20(24)14-23-11-9-19(10-12-23)22-27(4,25)26/h5-8,15-16,19,22H,9-14H2,1-4H3,(H,21,24)/t16-/m1/s1. The van der Waals surface area contributed by atoms with E-state index < -0.39 is 10.0 Å². The Kier molecular flexibility index (Phi) is 7.82. The van der Waals surface area contributed by atoms with Crippen LogP contribution in [0, 0.1) is 5.92 Å². The van der Waals surface area contributed by atoms with Crippen LogP contribution in [0.15, 0.2) is 24.3 Å². The van der Waals surface area contributed by atoms with Gasteiger partial charge in [-0.25, -0.2) is 13.1 Å². The fraction of sp³-hybridized carbons (Fsp3) is 0.650. The smallest absolute Gasteiger partial charge is 0.234 e. The SMILES string of the molecule is CC(C)Cc1ccc([C@@H](C)NC(=O)CN2CCC(NS(C)(=O)=O)CC2)cc1. The molecular formula is C20H33N3O3S. The number of hydrogen-bond donors (Lipinski definition) is 2. The third-order valence-corrected chi connectivity index (χ3v) is 5.60. The highest BCUT2D eigenvalue weighted by Gasteiger charge is 2.23. The second-order valence-electron chi connectivity index (χ2n) is 8.07. The molecule has 1 aliphatic rings. The summed E-state index contributed by atoms with van der Waals surface area (Å²) in [6.07, 6.45) is 3.70. The Hall–Kier alpha value is -1.44. The number of carbonyl (C=O) groups excluding carboxylic acids is 1. The third kappa shape index (κ3) is 7.99. The molecule has 6 nitrogen and oxygen atoms in total. The zero-order valence-electron chi connectivity index (χ0n) is 16.9. The summed E-state index contributed by atoms with van der Waals surface area (Å²) < 4.78 is 25.2. The summed E-state index contributed by atoms with van der Waals surface area (Å²) in [7, 11) is -3.17. The average Bonchev–Trinajstić information content (AvgIpc) is 2.55. The maximum atomic E-state index is 12.4. The lowest BCUT2D eigenvalue weighted by molar-refractivity contribution is -0.123. The molecule has 1 atom stereocenters. The van der Waals surface area contributed by atoms with Gasteiger partial charge in [0.2, 0.25) is 15.9 Å². The average molecular weight is 396 g/mol. The van der Waals surface area contributed by atoms with Gasteiger partial charge in [0.25, 0.3) is 0 Å². The van der Waals surface area contributed by atoms with Gasteiger partial charge in [-0.05, 0) is 43.2 Å². The van der Waals surface area contributed by atoms with Crippen LogP contribution >= 0.6 is 0 Å². The summed E-state index contributed by atoms with van der Waals surface area (Å²) in [6, 6.07) is 8.39. The molecule has 1 aromatic rings. The van der Waals surface area contributed by atoms with Crippen LogP contribution < -0.4 is 10.0 Å². The van der Waals surface area contributed by atoms with Crippen LogP contribution in [0.4, 0.5) is 0 Å². The molecule has 0 aromatic heterocycles. The van der Waals surface area contributed by atoms with Crippen molar-refractivity contribution in [2.45, 2.75) is 52.1 Å². The molecule has 0 radical (unpaired) electrons. The van der Waals surface area contributed by atoms with Crippen molar-refractivity contribution >= 4 is 15.9 Å². The highest BCUT2D eigenvalue weighted by molar-refractivity contribution is 7.88. The number of nitrogens with zero attached hydrogens (tertiary/aromatic N) is 1. The molecule has 0 saturated carbocycles. The van der Waals surface area contributed by atoms with E-state index in [0.29, 0.717) is 12.5 Å². The number of sulfonamides is 1. The maximum absolute atomic E-state index is 12.4. The predicted octanol–water partition coefficient (Wildman–Crippen LogP) is 2.08. The van der Waals surface area contributed by atoms with Crippen molar-refractivity contribution in [1.29, 1.82) is 0 Å². The van der Waals surface area contributed by atoms with E-state index >= 15 is 0 Å². The number of hydrogen-bond acceptors (Lipinski definition) is 4. The number of benzene rings is 1. The van der Waals surface area contributed by atoms with E-state index in [0.717, 1.165) is 37.9 Å². The van der Waals surface area contributed by atoms with E-state index in [2.05, 4.69) is 53.1 Å². The Labute approximate surface area is 163 Å². The van der Waals surface area contributed by atoms with E-state index in [-0.39, 0.29) is 18.0 Å². The zero-order valence-corrected chi connectivity index (χ0v) is 17.7. The Morgan fingerprint density at radius 1 is 1.15 bits per heavy atom. The van der Waals surface area contributed by atoms with Crippen molar-refractivity contribution in [2.75, 3.05) is 25.9 Å². The molecule has 1 amide bonds.